The fraction of sp³-hybridized carbons (Fsp3) is 0.920. The fourth-order valence-electron chi connectivity index (χ4n) is 6.65. The Kier molecular flexibility index (Phi) is 6.23. The molecule has 0 amide bonds. The van der Waals surface area contributed by atoms with Crippen molar-refractivity contribution in [3.63, 3.8) is 0 Å². The number of rotatable bonds is 5. The van der Waals surface area contributed by atoms with Crippen molar-refractivity contribution < 1.29 is 38.5 Å². The van der Waals surface area contributed by atoms with Crippen LogP contribution in [0.25, 0.3) is 0 Å². The number of fused-ring (bicyclic) bond motifs is 2. The minimum Gasteiger partial charge on any atom is -0.352 e. The average molecular weight is 469 g/mol. The first-order chi connectivity index (χ1) is 15.5. The highest BCUT2D eigenvalue weighted by Crippen LogP contribution is 2.60. The Balaban J connectivity index is 1.29. The van der Waals surface area contributed by atoms with Crippen LogP contribution in [0.2, 0.25) is 0 Å². The Morgan fingerprint density at radius 1 is 1.00 bits per heavy atom. The molecule has 1 aliphatic carbocycles. The van der Waals surface area contributed by atoms with E-state index in [-0.39, 0.29) is 30.3 Å². The molecule has 5 heterocycles. The molecular formula is C25H40O8. The lowest BCUT2D eigenvalue weighted by Crippen LogP contribution is -2.70. The van der Waals surface area contributed by atoms with Crippen LogP contribution in [0.3, 0.4) is 0 Å². The molecule has 0 radical (unpaired) electrons. The predicted octanol–water partition coefficient (Wildman–Crippen LogP) is 4.63. The van der Waals surface area contributed by atoms with Crippen LogP contribution in [0.5, 0.6) is 0 Å². The molecule has 5 aliphatic heterocycles. The Labute approximate surface area is 197 Å². The van der Waals surface area contributed by atoms with Crippen molar-refractivity contribution >= 4 is 0 Å². The molecule has 8 heteroatoms. The third-order valence-electron chi connectivity index (χ3n) is 8.39. The van der Waals surface area contributed by atoms with Crippen molar-refractivity contribution in [2.75, 3.05) is 6.61 Å². The van der Waals surface area contributed by atoms with Gasteiger partial charge in [-0.15, -0.1) is 0 Å². The van der Waals surface area contributed by atoms with E-state index in [1.165, 1.54) is 6.42 Å². The Hall–Kier alpha value is -0.580. The molecular weight excluding hydrogens is 428 g/mol. The van der Waals surface area contributed by atoms with Crippen molar-refractivity contribution in [2.45, 2.75) is 116 Å². The van der Waals surface area contributed by atoms with E-state index < -0.39 is 23.5 Å². The SMILES string of the molecule is C=C(C)[C@H]1OOC(C)(C)O[C@@H]1CCO[C@H]1O[C@@H]2O[C@@]3(C)CC[C@H]4[C@H](C)CC[C@@H]([C@H]1C)[C@@]24OO3. The van der Waals surface area contributed by atoms with Gasteiger partial charge in [0.1, 0.15) is 6.10 Å². The quantitative estimate of drug-likeness (QED) is 0.427. The second-order valence-corrected chi connectivity index (χ2v) is 11.4. The first-order valence-corrected chi connectivity index (χ1v) is 12.5. The van der Waals surface area contributed by atoms with Crippen LogP contribution in [0.15, 0.2) is 12.2 Å². The summed E-state index contributed by atoms with van der Waals surface area (Å²) in [5.74, 6) is -0.318. The zero-order chi connectivity index (χ0) is 23.6. The lowest BCUT2D eigenvalue weighted by Gasteiger charge is -2.60. The average Bonchev–Trinajstić information content (AvgIpc) is 2.97. The molecule has 0 N–H and O–H groups in total. The van der Waals surface area contributed by atoms with Crippen LogP contribution >= 0.6 is 0 Å². The van der Waals surface area contributed by atoms with Crippen molar-refractivity contribution in [3.8, 4) is 0 Å². The van der Waals surface area contributed by atoms with Crippen molar-refractivity contribution in [3.05, 3.63) is 12.2 Å². The van der Waals surface area contributed by atoms with E-state index in [9.17, 15) is 0 Å². The highest BCUT2D eigenvalue weighted by molar-refractivity contribution is 5.09. The van der Waals surface area contributed by atoms with Gasteiger partial charge in [-0.2, -0.15) is 0 Å². The van der Waals surface area contributed by atoms with E-state index in [4.69, 9.17) is 38.5 Å². The fourth-order valence-corrected chi connectivity index (χ4v) is 6.65. The molecule has 0 unspecified atom stereocenters. The standard InChI is InChI=1S/C25H40O8/c1-14(2)20-19(28-23(5,6)31-30-20)11-13-26-21-16(4)18-9-8-15(3)17-10-12-24(7)29-22(27-21)25(17,18)33-32-24/h15-22H,1,8-13H2,2-7H3/t15-,16-,17+,18+,19-,20-,21+,22-,24-,25-/m1/s1. The highest BCUT2D eigenvalue weighted by Gasteiger charge is 2.69. The second-order valence-electron chi connectivity index (χ2n) is 11.4. The van der Waals surface area contributed by atoms with Gasteiger partial charge >= 0.3 is 0 Å². The zero-order valence-electron chi connectivity index (χ0n) is 20.8. The molecule has 1 spiro atoms. The summed E-state index contributed by atoms with van der Waals surface area (Å²) < 4.78 is 25.3. The van der Waals surface area contributed by atoms with Gasteiger partial charge in [-0.1, -0.05) is 20.4 Å². The van der Waals surface area contributed by atoms with E-state index in [2.05, 4.69) is 20.4 Å². The number of hydrogen-bond donors (Lipinski definition) is 0. The van der Waals surface area contributed by atoms with Gasteiger partial charge in [-0.25, -0.2) is 19.6 Å². The monoisotopic (exact) mass is 468 g/mol. The summed E-state index contributed by atoms with van der Waals surface area (Å²) in [5, 5.41) is 0. The smallest absolute Gasteiger partial charge is 0.201 e. The molecule has 5 saturated heterocycles. The van der Waals surface area contributed by atoms with Crippen molar-refractivity contribution in [2.24, 2.45) is 23.7 Å². The van der Waals surface area contributed by atoms with Crippen LogP contribution in [0.4, 0.5) is 0 Å². The molecule has 10 atom stereocenters. The number of hydrogen-bond acceptors (Lipinski definition) is 8. The summed E-state index contributed by atoms with van der Waals surface area (Å²) in [5.41, 5.74) is 0.287. The minimum atomic E-state index is -0.814. The summed E-state index contributed by atoms with van der Waals surface area (Å²) in [7, 11) is 0. The van der Waals surface area contributed by atoms with E-state index >= 15 is 0 Å². The molecule has 6 fully saturated rings. The third kappa shape index (κ3) is 4.10. The van der Waals surface area contributed by atoms with Crippen LogP contribution in [0.1, 0.15) is 73.6 Å². The maximum Gasteiger partial charge on any atom is 0.201 e. The molecule has 6 aliphatic rings. The van der Waals surface area contributed by atoms with Crippen molar-refractivity contribution in [1.82, 2.24) is 0 Å². The normalized spacial score (nSPS) is 51.0. The van der Waals surface area contributed by atoms with Gasteiger partial charge < -0.3 is 18.9 Å². The van der Waals surface area contributed by atoms with Gasteiger partial charge in [-0.3, -0.25) is 0 Å². The summed E-state index contributed by atoms with van der Waals surface area (Å²) in [4.78, 5) is 23.0. The van der Waals surface area contributed by atoms with Gasteiger partial charge in [0.2, 0.25) is 5.79 Å². The van der Waals surface area contributed by atoms with Gasteiger partial charge in [0, 0.05) is 24.7 Å². The van der Waals surface area contributed by atoms with E-state index in [0.29, 0.717) is 24.9 Å². The van der Waals surface area contributed by atoms with Crippen molar-refractivity contribution in [1.29, 1.82) is 0 Å². The van der Waals surface area contributed by atoms with Crippen LogP contribution in [-0.2, 0) is 38.5 Å². The summed E-state index contributed by atoms with van der Waals surface area (Å²) in [6, 6.07) is 0. The molecule has 8 nitrogen and oxygen atoms in total. The molecule has 0 aromatic heterocycles. The molecule has 1 saturated carbocycles. The van der Waals surface area contributed by atoms with Gasteiger partial charge in [0.05, 0.1) is 12.7 Å². The van der Waals surface area contributed by atoms with E-state index in [1.807, 2.05) is 27.7 Å². The number of ether oxygens (including phenoxy) is 4. The van der Waals surface area contributed by atoms with Gasteiger partial charge in [-0.05, 0) is 64.4 Å². The Morgan fingerprint density at radius 2 is 1.79 bits per heavy atom. The zero-order valence-corrected chi connectivity index (χ0v) is 20.8. The van der Waals surface area contributed by atoms with E-state index in [1.54, 1.807) is 0 Å². The second kappa shape index (κ2) is 8.52. The first-order valence-electron chi connectivity index (χ1n) is 12.5. The van der Waals surface area contributed by atoms with Crippen LogP contribution < -0.4 is 0 Å². The molecule has 0 aromatic rings. The van der Waals surface area contributed by atoms with Crippen LogP contribution in [-0.4, -0.2) is 48.6 Å². The first kappa shape index (κ1) is 24.1. The van der Waals surface area contributed by atoms with Gasteiger partial charge in [0.25, 0.3) is 0 Å². The summed E-state index contributed by atoms with van der Waals surface area (Å²) in [6.07, 6.45) is 3.24. The Morgan fingerprint density at radius 3 is 2.55 bits per heavy atom. The summed E-state index contributed by atoms with van der Waals surface area (Å²) in [6.45, 7) is 16.5. The molecule has 6 rings (SSSR count). The highest BCUT2D eigenvalue weighted by atomic mass is 17.3. The Bertz CT molecular complexity index is 757. The largest absolute Gasteiger partial charge is 0.352 e. The lowest BCUT2D eigenvalue weighted by molar-refractivity contribution is -0.577. The lowest BCUT2D eigenvalue weighted by atomic mass is 9.58. The predicted molar refractivity (Wildman–Crippen MR) is 117 cm³/mol. The molecule has 33 heavy (non-hydrogen) atoms. The summed E-state index contributed by atoms with van der Waals surface area (Å²) >= 11 is 0. The molecule has 188 valence electrons. The van der Waals surface area contributed by atoms with Gasteiger partial charge in [0.15, 0.2) is 24.0 Å². The maximum absolute atomic E-state index is 6.50. The molecule has 2 bridgehead atoms. The topological polar surface area (TPSA) is 73.8 Å². The minimum absolute atomic E-state index is 0.145. The third-order valence-corrected chi connectivity index (χ3v) is 8.39. The maximum atomic E-state index is 6.50. The van der Waals surface area contributed by atoms with Crippen LogP contribution in [0, 0.1) is 23.7 Å². The molecule has 0 aromatic carbocycles. The van der Waals surface area contributed by atoms with E-state index in [0.717, 1.165) is 24.8 Å².